The quantitative estimate of drug-likeness (QED) is 0.708. The van der Waals surface area contributed by atoms with E-state index in [1.165, 1.54) is 0 Å². The third kappa shape index (κ3) is 3.41. The number of hydrogen-bond acceptors (Lipinski definition) is 2. The van der Waals surface area contributed by atoms with Crippen LogP contribution in [0, 0.1) is 0 Å². The first kappa shape index (κ1) is 10.5. The Kier molecular flexibility index (Phi) is 3.88. The van der Waals surface area contributed by atoms with E-state index in [2.05, 4.69) is 0 Å². The van der Waals surface area contributed by atoms with E-state index in [0.717, 1.165) is 17.2 Å². The fourth-order valence-electron chi connectivity index (χ4n) is 1.15. The summed E-state index contributed by atoms with van der Waals surface area (Å²) in [6.45, 7) is 0.0104. The van der Waals surface area contributed by atoms with Crippen molar-refractivity contribution in [3.63, 3.8) is 0 Å². The zero-order valence-electron chi connectivity index (χ0n) is 7.68. The summed E-state index contributed by atoms with van der Waals surface area (Å²) in [7, 11) is 0. The number of benzene rings is 1. The minimum atomic E-state index is -0.941. The molecule has 0 saturated carbocycles. The van der Waals surface area contributed by atoms with E-state index in [4.69, 9.17) is 10.2 Å². The van der Waals surface area contributed by atoms with Crippen LogP contribution in [0.3, 0.4) is 0 Å². The number of carboxylic acids is 1. The Morgan fingerprint density at radius 1 is 1.36 bits per heavy atom. The molecule has 0 heterocycles. The molecule has 0 unspecified atom stereocenters. The van der Waals surface area contributed by atoms with E-state index >= 15 is 0 Å². The summed E-state index contributed by atoms with van der Waals surface area (Å²) in [4.78, 5) is 10.2. The Morgan fingerprint density at radius 2 is 2.07 bits per heavy atom. The van der Waals surface area contributed by atoms with Crippen LogP contribution in [0.4, 0.5) is 0 Å². The molecule has 74 valence electrons. The molecule has 3 nitrogen and oxygen atoms in total. The molecule has 0 spiro atoms. The Hall–Kier alpha value is -1.61. The van der Waals surface area contributed by atoms with Crippen LogP contribution < -0.4 is 0 Å². The Labute approximate surface area is 82.3 Å². The van der Waals surface area contributed by atoms with Crippen molar-refractivity contribution in [1.82, 2.24) is 0 Å². The lowest BCUT2D eigenvalue weighted by Gasteiger charge is -1.99. The summed E-state index contributed by atoms with van der Waals surface area (Å²) in [6.07, 6.45) is 3.27. The first-order valence-electron chi connectivity index (χ1n) is 4.30. The molecule has 0 fully saturated rings. The minimum Gasteiger partial charge on any atom is -0.478 e. The highest BCUT2D eigenvalue weighted by atomic mass is 16.4. The van der Waals surface area contributed by atoms with Crippen molar-refractivity contribution < 1.29 is 15.0 Å². The van der Waals surface area contributed by atoms with Gasteiger partial charge < -0.3 is 10.2 Å². The number of hydrogen-bond donors (Lipinski definition) is 2. The lowest BCUT2D eigenvalue weighted by Crippen LogP contribution is -1.89. The molecule has 0 aliphatic rings. The highest BCUT2D eigenvalue weighted by Gasteiger charge is 1.93. The average Bonchev–Trinajstić information content (AvgIpc) is 2.18. The van der Waals surface area contributed by atoms with Gasteiger partial charge in [-0.1, -0.05) is 30.3 Å². The Morgan fingerprint density at radius 3 is 2.71 bits per heavy atom. The predicted octanol–water partition coefficient (Wildman–Crippen LogP) is 1.36. The first-order valence-corrected chi connectivity index (χ1v) is 4.30. The molecular formula is C11H12O3. The predicted molar refractivity (Wildman–Crippen MR) is 52.8 cm³/mol. The summed E-state index contributed by atoms with van der Waals surface area (Å²) < 4.78 is 0. The molecule has 0 aromatic heterocycles. The number of allylic oxidation sites excluding steroid dienone is 1. The topological polar surface area (TPSA) is 57.5 Å². The van der Waals surface area contributed by atoms with Crippen molar-refractivity contribution in [3.8, 4) is 0 Å². The summed E-state index contributed by atoms with van der Waals surface area (Å²) >= 11 is 0. The molecule has 1 rings (SSSR count). The van der Waals surface area contributed by atoms with Gasteiger partial charge in [0.15, 0.2) is 0 Å². The van der Waals surface area contributed by atoms with Crippen LogP contribution >= 0.6 is 0 Å². The largest absolute Gasteiger partial charge is 0.478 e. The van der Waals surface area contributed by atoms with Gasteiger partial charge in [0.25, 0.3) is 0 Å². The molecule has 0 bridgehead atoms. The zero-order chi connectivity index (χ0) is 10.4. The van der Waals surface area contributed by atoms with Crippen LogP contribution in [0.5, 0.6) is 0 Å². The van der Waals surface area contributed by atoms with Crippen molar-refractivity contribution in [1.29, 1.82) is 0 Å². The first-order chi connectivity index (χ1) is 6.72. The maximum absolute atomic E-state index is 10.2. The summed E-state index contributed by atoms with van der Waals surface area (Å²) in [5.41, 5.74) is 1.83. The SMILES string of the molecule is O=C(O)/C=C/Cc1cccc(CO)c1. The van der Waals surface area contributed by atoms with Crippen LogP contribution in [0.25, 0.3) is 0 Å². The van der Waals surface area contributed by atoms with Crippen molar-refractivity contribution in [2.75, 3.05) is 0 Å². The van der Waals surface area contributed by atoms with Gasteiger partial charge >= 0.3 is 5.97 Å². The number of rotatable bonds is 4. The molecule has 0 atom stereocenters. The summed E-state index contributed by atoms with van der Waals surface area (Å²) in [5.74, 6) is -0.941. The van der Waals surface area contributed by atoms with E-state index in [0.29, 0.717) is 6.42 Å². The third-order valence-corrected chi connectivity index (χ3v) is 1.79. The molecule has 0 amide bonds. The van der Waals surface area contributed by atoms with Gasteiger partial charge in [-0.15, -0.1) is 0 Å². The Bertz CT molecular complexity index is 342. The van der Waals surface area contributed by atoms with Gasteiger partial charge in [-0.3, -0.25) is 0 Å². The molecule has 3 heteroatoms. The van der Waals surface area contributed by atoms with Gasteiger partial charge in [0.2, 0.25) is 0 Å². The van der Waals surface area contributed by atoms with E-state index in [9.17, 15) is 4.79 Å². The monoisotopic (exact) mass is 192 g/mol. The molecule has 0 radical (unpaired) electrons. The van der Waals surface area contributed by atoms with Gasteiger partial charge in [-0.25, -0.2) is 4.79 Å². The smallest absolute Gasteiger partial charge is 0.327 e. The molecule has 2 N–H and O–H groups in total. The van der Waals surface area contributed by atoms with E-state index in [1.807, 2.05) is 24.3 Å². The molecule has 0 saturated heterocycles. The molecule has 1 aromatic carbocycles. The average molecular weight is 192 g/mol. The minimum absolute atomic E-state index is 0.0104. The van der Waals surface area contributed by atoms with Gasteiger partial charge in [0.05, 0.1) is 6.61 Å². The van der Waals surface area contributed by atoms with Crippen LogP contribution in [0.2, 0.25) is 0 Å². The molecule has 0 aliphatic heterocycles. The molecular weight excluding hydrogens is 180 g/mol. The van der Waals surface area contributed by atoms with E-state index in [1.54, 1.807) is 6.08 Å². The second kappa shape index (κ2) is 5.19. The van der Waals surface area contributed by atoms with Crippen molar-refractivity contribution in [2.45, 2.75) is 13.0 Å². The number of aliphatic hydroxyl groups excluding tert-OH is 1. The fraction of sp³-hybridized carbons (Fsp3) is 0.182. The lowest BCUT2D eigenvalue weighted by molar-refractivity contribution is -0.131. The van der Waals surface area contributed by atoms with Crippen molar-refractivity contribution in [2.24, 2.45) is 0 Å². The van der Waals surface area contributed by atoms with Gasteiger partial charge in [0, 0.05) is 6.08 Å². The standard InChI is InChI=1S/C11H12O3/c12-8-10-5-1-3-9(7-10)4-2-6-11(13)14/h1-3,5-7,12H,4,8H2,(H,13,14)/b6-2+. The van der Waals surface area contributed by atoms with E-state index < -0.39 is 5.97 Å². The van der Waals surface area contributed by atoms with Crippen LogP contribution in [-0.2, 0) is 17.8 Å². The van der Waals surface area contributed by atoms with Crippen LogP contribution in [0.15, 0.2) is 36.4 Å². The summed E-state index contributed by atoms with van der Waals surface area (Å²) in [5, 5.41) is 17.2. The van der Waals surface area contributed by atoms with Crippen molar-refractivity contribution >= 4 is 5.97 Å². The summed E-state index contributed by atoms with van der Waals surface area (Å²) in [6, 6.07) is 7.41. The Balaban J connectivity index is 2.63. The van der Waals surface area contributed by atoms with Crippen molar-refractivity contribution in [3.05, 3.63) is 47.5 Å². The number of aliphatic hydroxyl groups is 1. The molecule has 14 heavy (non-hydrogen) atoms. The second-order valence-electron chi connectivity index (χ2n) is 2.92. The van der Waals surface area contributed by atoms with Gasteiger partial charge in [-0.2, -0.15) is 0 Å². The number of aliphatic carboxylic acids is 1. The maximum Gasteiger partial charge on any atom is 0.327 e. The maximum atomic E-state index is 10.2. The molecule has 0 aliphatic carbocycles. The molecule has 1 aromatic rings. The third-order valence-electron chi connectivity index (χ3n) is 1.79. The van der Waals surface area contributed by atoms with Gasteiger partial charge in [-0.05, 0) is 17.5 Å². The normalized spacial score (nSPS) is 10.6. The van der Waals surface area contributed by atoms with Crippen LogP contribution in [0.1, 0.15) is 11.1 Å². The van der Waals surface area contributed by atoms with Gasteiger partial charge in [0.1, 0.15) is 0 Å². The zero-order valence-corrected chi connectivity index (χ0v) is 7.68. The van der Waals surface area contributed by atoms with Crippen LogP contribution in [-0.4, -0.2) is 16.2 Å². The fourth-order valence-corrected chi connectivity index (χ4v) is 1.15. The second-order valence-corrected chi connectivity index (χ2v) is 2.92. The van der Waals surface area contributed by atoms with E-state index in [-0.39, 0.29) is 6.61 Å². The number of carboxylic acid groups (broad SMARTS) is 1. The lowest BCUT2D eigenvalue weighted by atomic mass is 10.1. The number of carbonyl (C=O) groups is 1. The highest BCUT2D eigenvalue weighted by molar-refractivity contribution is 5.79. The highest BCUT2D eigenvalue weighted by Crippen LogP contribution is 2.06.